The van der Waals surface area contributed by atoms with E-state index in [4.69, 9.17) is 4.52 Å². The van der Waals surface area contributed by atoms with Gasteiger partial charge in [-0.3, -0.25) is 4.79 Å². The Balaban J connectivity index is 2.28. The fraction of sp³-hybridized carbons (Fsp3) is 0.526. The molecule has 0 radical (unpaired) electrons. The predicted molar refractivity (Wildman–Crippen MR) is 94.5 cm³/mol. The van der Waals surface area contributed by atoms with Crippen molar-refractivity contribution in [3.8, 4) is 11.4 Å². The molecule has 2 rings (SSSR count). The highest BCUT2D eigenvalue weighted by Gasteiger charge is 2.31. The van der Waals surface area contributed by atoms with Crippen LogP contribution in [-0.2, 0) is 11.0 Å². The van der Waals surface area contributed by atoms with E-state index >= 15 is 0 Å². The molecule has 0 unspecified atom stereocenters. The molecule has 2 atom stereocenters. The Morgan fingerprint density at radius 2 is 1.96 bits per heavy atom. The summed E-state index contributed by atoms with van der Waals surface area (Å²) in [4.78, 5) is 16.4. The molecule has 0 spiro atoms. The van der Waals surface area contributed by atoms with Crippen molar-refractivity contribution >= 4 is 5.91 Å². The summed E-state index contributed by atoms with van der Waals surface area (Å²) in [7, 11) is 0. The van der Waals surface area contributed by atoms with Crippen LogP contribution in [0.1, 0.15) is 58.0 Å². The SMILES string of the molecule is CC[C@H](C)[C@H](NC(=O)CC(C)C)c1nc(-c2cccc(C(F)(F)F)c2)no1. The molecule has 0 fully saturated rings. The predicted octanol–water partition coefficient (Wildman–Crippen LogP) is 5.00. The highest BCUT2D eigenvalue weighted by molar-refractivity contribution is 5.76. The molecule has 0 saturated heterocycles. The molecule has 1 aromatic carbocycles. The van der Waals surface area contributed by atoms with Gasteiger partial charge in [0.25, 0.3) is 0 Å². The van der Waals surface area contributed by atoms with Gasteiger partial charge in [0.1, 0.15) is 6.04 Å². The Labute approximate surface area is 156 Å². The second-order valence-electron chi connectivity index (χ2n) is 7.06. The van der Waals surface area contributed by atoms with Crippen LogP contribution in [0.3, 0.4) is 0 Å². The van der Waals surface area contributed by atoms with Gasteiger partial charge in [-0.25, -0.2) is 0 Å². The van der Waals surface area contributed by atoms with E-state index in [1.54, 1.807) is 0 Å². The quantitative estimate of drug-likeness (QED) is 0.730. The minimum atomic E-state index is -4.45. The van der Waals surface area contributed by atoms with Crippen molar-refractivity contribution in [3.05, 3.63) is 35.7 Å². The second kappa shape index (κ2) is 8.54. The van der Waals surface area contributed by atoms with E-state index in [1.807, 2.05) is 27.7 Å². The van der Waals surface area contributed by atoms with Crippen LogP contribution in [0.15, 0.2) is 28.8 Å². The second-order valence-corrected chi connectivity index (χ2v) is 7.06. The molecule has 1 N–H and O–H groups in total. The first-order valence-electron chi connectivity index (χ1n) is 8.92. The maximum atomic E-state index is 12.9. The normalized spacial score (nSPS) is 14.2. The van der Waals surface area contributed by atoms with Gasteiger partial charge in [-0.05, 0) is 24.0 Å². The lowest BCUT2D eigenvalue weighted by molar-refractivity contribution is -0.137. The number of alkyl halides is 3. The number of rotatable bonds is 7. The molecule has 2 aromatic rings. The Kier molecular flexibility index (Phi) is 6.62. The van der Waals surface area contributed by atoms with Gasteiger partial charge in [0.05, 0.1) is 5.56 Å². The van der Waals surface area contributed by atoms with Gasteiger partial charge in [0, 0.05) is 12.0 Å². The zero-order chi connectivity index (χ0) is 20.2. The lowest BCUT2D eigenvalue weighted by Gasteiger charge is -2.21. The number of carbonyl (C=O) groups excluding carboxylic acids is 1. The maximum absolute atomic E-state index is 12.9. The molecule has 5 nitrogen and oxygen atoms in total. The molecule has 0 aliphatic rings. The molecule has 148 valence electrons. The van der Waals surface area contributed by atoms with Gasteiger partial charge in [-0.15, -0.1) is 0 Å². The number of halogens is 3. The molecular weight excluding hydrogens is 359 g/mol. The first-order valence-corrected chi connectivity index (χ1v) is 8.92. The average Bonchev–Trinajstić information content (AvgIpc) is 3.07. The fourth-order valence-electron chi connectivity index (χ4n) is 2.60. The third kappa shape index (κ3) is 5.55. The van der Waals surface area contributed by atoms with E-state index in [-0.39, 0.29) is 35.0 Å². The summed E-state index contributed by atoms with van der Waals surface area (Å²) < 4.78 is 44.0. The molecule has 0 aliphatic carbocycles. The Bertz CT molecular complexity index is 772. The van der Waals surface area contributed by atoms with Crippen molar-refractivity contribution in [1.82, 2.24) is 15.5 Å². The van der Waals surface area contributed by atoms with E-state index in [0.29, 0.717) is 6.42 Å². The minimum Gasteiger partial charge on any atom is -0.344 e. The molecule has 1 aromatic heterocycles. The van der Waals surface area contributed by atoms with Crippen molar-refractivity contribution in [1.29, 1.82) is 0 Å². The first kappa shape index (κ1) is 20.9. The zero-order valence-corrected chi connectivity index (χ0v) is 15.8. The number of nitrogens with zero attached hydrogens (tertiary/aromatic N) is 2. The summed E-state index contributed by atoms with van der Waals surface area (Å²) in [5.41, 5.74) is -0.578. The topological polar surface area (TPSA) is 68.0 Å². The van der Waals surface area contributed by atoms with E-state index in [1.165, 1.54) is 12.1 Å². The number of aromatic nitrogens is 2. The number of benzene rings is 1. The van der Waals surface area contributed by atoms with Crippen molar-refractivity contribution in [3.63, 3.8) is 0 Å². The van der Waals surface area contributed by atoms with Crippen molar-refractivity contribution < 1.29 is 22.5 Å². The van der Waals surface area contributed by atoms with Crippen molar-refractivity contribution in [2.75, 3.05) is 0 Å². The lowest BCUT2D eigenvalue weighted by Crippen LogP contribution is -2.33. The first-order chi connectivity index (χ1) is 12.6. The van der Waals surface area contributed by atoms with Gasteiger partial charge >= 0.3 is 6.18 Å². The summed E-state index contributed by atoms with van der Waals surface area (Å²) in [6, 6.07) is 4.25. The Morgan fingerprint density at radius 1 is 1.26 bits per heavy atom. The number of hydrogen-bond donors (Lipinski definition) is 1. The number of carbonyl (C=O) groups is 1. The molecule has 0 saturated carbocycles. The molecule has 0 aliphatic heterocycles. The van der Waals surface area contributed by atoms with Gasteiger partial charge in [-0.1, -0.05) is 51.4 Å². The van der Waals surface area contributed by atoms with E-state index in [0.717, 1.165) is 18.6 Å². The highest BCUT2D eigenvalue weighted by atomic mass is 19.4. The van der Waals surface area contributed by atoms with Crippen LogP contribution in [0.2, 0.25) is 0 Å². The molecule has 1 heterocycles. The third-order valence-electron chi connectivity index (χ3n) is 4.28. The lowest BCUT2D eigenvalue weighted by atomic mass is 9.98. The van der Waals surface area contributed by atoms with Gasteiger partial charge < -0.3 is 9.84 Å². The van der Waals surface area contributed by atoms with Crippen LogP contribution >= 0.6 is 0 Å². The Morgan fingerprint density at radius 3 is 2.56 bits per heavy atom. The smallest absolute Gasteiger partial charge is 0.344 e. The zero-order valence-electron chi connectivity index (χ0n) is 15.8. The molecule has 27 heavy (non-hydrogen) atoms. The number of hydrogen-bond acceptors (Lipinski definition) is 4. The highest BCUT2D eigenvalue weighted by Crippen LogP contribution is 2.32. The Hall–Kier alpha value is -2.38. The summed E-state index contributed by atoms with van der Waals surface area (Å²) >= 11 is 0. The van der Waals surface area contributed by atoms with Crippen LogP contribution in [0.4, 0.5) is 13.2 Å². The van der Waals surface area contributed by atoms with Gasteiger partial charge in [0.15, 0.2) is 0 Å². The van der Waals surface area contributed by atoms with Crippen LogP contribution in [0.5, 0.6) is 0 Å². The largest absolute Gasteiger partial charge is 0.416 e. The number of nitrogens with one attached hydrogen (secondary N) is 1. The van der Waals surface area contributed by atoms with Crippen LogP contribution in [0, 0.1) is 11.8 Å². The van der Waals surface area contributed by atoms with Crippen LogP contribution in [0.25, 0.3) is 11.4 Å². The maximum Gasteiger partial charge on any atom is 0.416 e. The molecule has 8 heteroatoms. The molecule has 1 amide bonds. The van der Waals surface area contributed by atoms with E-state index < -0.39 is 17.8 Å². The summed E-state index contributed by atoms with van der Waals surface area (Å²) in [5, 5.41) is 6.71. The van der Waals surface area contributed by atoms with Crippen LogP contribution in [-0.4, -0.2) is 16.0 Å². The van der Waals surface area contributed by atoms with Crippen molar-refractivity contribution in [2.24, 2.45) is 11.8 Å². The fourth-order valence-corrected chi connectivity index (χ4v) is 2.60. The van der Waals surface area contributed by atoms with Gasteiger partial charge in [-0.2, -0.15) is 18.2 Å². The summed E-state index contributed by atoms with van der Waals surface area (Å²) in [5.74, 6) is 0.340. The van der Waals surface area contributed by atoms with E-state index in [9.17, 15) is 18.0 Å². The third-order valence-corrected chi connectivity index (χ3v) is 4.28. The van der Waals surface area contributed by atoms with Gasteiger partial charge in [0.2, 0.25) is 17.6 Å². The monoisotopic (exact) mass is 383 g/mol. The summed E-state index contributed by atoms with van der Waals surface area (Å²) in [6.45, 7) is 7.79. The minimum absolute atomic E-state index is 0.0240. The van der Waals surface area contributed by atoms with Crippen LogP contribution < -0.4 is 5.32 Å². The molecule has 0 bridgehead atoms. The summed E-state index contributed by atoms with van der Waals surface area (Å²) in [6.07, 6.45) is -3.33. The number of amides is 1. The average molecular weight is 383 g/mol. The molecular formula is C19H24F3N3O2. The van der Waals surface area contributed by atoms with E-state index in [2.05, 4.69) is 15.5 Å². The standard InChI is InChI=1S/C19H24F3N3O2/c1-5-12(4)16(23-15(26)9-11(2)3)18-24-17(25-27-18)13-7-6-8-14(10-13)19(20,21)22/h6-8,10-12,16H,5,9H2,1-4H3,(H,23,26)/t12-,16-/m0/s1. The van der Waals surface area contributed by atoms with Crippen molar-refractivity contribution in [2.45, 2.75) is 52.8 Å².